The highest BCUT2D eigenvalue weighted by molar-refractivity contribution is 6.12. The molecular formula is C60H37N3O. The van der Waals surface area contributed by atoms with E-state index in [0.717, 1.165) is 83.1 Å². The molecule has 298 valence electrons. The maximum atomic E-state index is 6.82. The van der Waals surface area contributed by atoms with Gasteiger partial charge < -0.3 is 4.42 Å². The van der Waals surface area contributed by atoms with E-state index in [1.54, 1.807) is 0 Å². The number of fused-ring (bicyclic) bond motifs is 8. The molecule has 10 aromatic carbocycles. The lowest BCUT2D eigenvalue weighted by Crippen LogP contribution is -1.90. The minimum absolute atomic E-state index is 0.805. The first-order valence-corrected chi connectivity index (χ1v) is 21.7. The van der Waals surface area contributed by atoms with E-state index in [9.17, 15) is 0 Å². The third-order valence-electron chi connectivity index (χ3n) is 12.9. The van der Waals surface area contributed by atoms with Crippen LogP contribution < -0.4 is 0 Å². The predicted molar refractivity (Wildman–Crippen MR) is 265 cm³/mol. The van der Waals surface area contributed by atoms with Gasteiger partial charge in [0.25, 0.3) is 0 Å². The van der Waals surface area contributed by atoms with E-state index in [0.29, 0.717) is 0 Å². The van der Waals surface area contributed by atoms with Crippen molar-refractivity contribution in [3.63, 3.8) is 0 Å². The van der Waals surface area contributed by atoms with Gasteiger partial charge in [0, 0.05) is 33.5 Å². The lowest BCUT2D eigenvalue weighted by molar-refractivity contribution is 0.670. The first-order valence-electron chi connectivity index (χ1n) is 21.7. The van der Waals surface area contributed by atoms with Crippen LogP contribution in [0.4, 0.5) is 0 Å². The van der Waals surface area contributed by atoms with Crippen LogP contribution in [0.5, 0.6) is 0 Å². The zero-order chi connectivity index (χ0) is 42.1. The molecule has 0 saturated heterocycles. The van der Waals surface area contributed by atoms with E-state index >= 15 is 0 Å². The summed E-state index contributed by atoms with van der Waals surface area (Å²) in [7, 11) is 0. The van der Waals surface area contributed by atoms with E-state index in [1.807, 2.05) is 6.07 Å². The average Bonchev–Trinajstić information content (AvgIpc) is 3.98. The zero-order valence-electron chi connectivity index (χ0n) is 34.6. The molecule has 0 N–H and O–H groups in total. The van der Waals surface area contributed by atoms with Gasteiger partial charge in [0.2, 0.25) is 0 Å². The Morgan fingerprint density at radius 2 is 0.797 bits per heavy atom. The molecule has 0 bridgehead atoms. The van der Waals surface area contributed by atoms with Crippen molar-refractivity contribution in [1.29, 1.82) is 0 Å². The summed E-state index contributed by atoms with van der Waals surface area (Å²) in [5.41, 5.74) is 15.0. The molecule has 0 fully saturated rings. The molecule has 64 heavy (non-hydrogen) atoms. The van der Waals surface area contributed by atoms with Crippen LogP contribution in [-0.2, 0) is 0 Å². The van der Waals surface area contributed by atoms with Crippen LogP contribution in [0, 0.1) is 0 Å². The zero-order valence-corrected chi connectivity index (χ0v) is 34.6. The molecule has 0 aliphatic carbocycles. The van der Waals surface area contributed by atoms with E-state index in [2.05, 4.69) is 233 Å². The fourth-order valence-corrected chi connectivity index (χ4v) is 9.50. The minimum Gasteiger partial charge on any atom is -0.455 e. The molecule has 0 spiro atoms. The van der Waals surface area contributed by atoms with Gasteiger partial charge in [-0.15, -0.1) is 10.2 Å². The maximum absolute atomic E-state index is 6.82. The van der Waals surface area contributed by atoms with Crippen molar-refractivity contribution >= 4 is 59.9 Å². The lowest BCUT2D eigenvalue weighted by Gasteiger charge is -2.10. The van der Waals surface area contributed by atoms with E-state index in [1.165, 1.54) is 43.8 Å². The number of pyridine rings is 1. The molecule has 0 aliphatic heterocycles. The van der Waals surface area contributed by atoms with Crippen molar-refractivity contribution in [2.24, 2.45) is 0 Å². The Kier molecular flexibility index (Phi) is 8.18. The normalized spacial score (nSPS) is 11.8. The molecule has 4 nitrogen and oxygen atoms in total. The highest BCUT2D eigenvalue weighted by Crippen LogP contribution is 2.42. The Hall–Kier alpha value is -8.60. The summed E-state index contributed by atoms with van der Waals surface area (Å²) in [4.78, 5) is 0. The molecule has 3 heterocycles. The second-order valence-corrected chi connectivity index (χ2v) is 16.7. The van der Waals surface area contributed by atoms with Crippen molar-refractivity contribution in [3.8, 4) is 67.0 Å². The van der Waals surface area contributed by atoms with E-state index < -0.39 is 0 Å². The van der Waals surface area contributed by atoms with Crippen LogP contribution in [-0.4, -0.2) is 14.6 Å². The van der Waals surface area contributed by atoms with Crippen molar-refractivity contribution in [3.05, 3.63) is 225 Å². The lowest BCUT2D eigenvalue weighted by atomic mass is 9.93. The number of furan rings is 1. The van der Waals surface area contributed by atoms with Gasteiger partial charge in [-0.2, -0.15) is 0 Å². The first-order chi connectivity index (χ1) is 31.7. The Bertz CT molecular complexity index is 3930. The monoisotopic (exact) mass is 815 g/mol. The van der Waals surface area contributed by atoms with Gasteiger partial charge in [0.1, 0.15) is 11.2 Å². The summed E-state index contributed by atoms with van der Waals surface area (Å²) in [6.45, 7) is 0. The van der Waals surface area contributed by atoms with E-state index in [-0.39, 0.29) is 0 Å². The van der Waals surface area contributed by atoms with Crippen molar-refractivity contribution in [2.75, 3.05) is 0 Å². The topological polar surface area (TPSA) is 43.3 Å². The molecule has 0 radical (unpaired) electrons. The quantitative estimate of drug-likeness (QED) is 0.168. The second-order valence-electron chi connectivity index (χ2n) is 16.7. The van der Waals surface area contributed by atoms with Crippen molar-refractivity contribution < 1.29 is 4.42 Å². The van der Waals surface area contributed by atoms with Crippen molar-refractivity contribution in [1.82, 2.24) is 14.6 Å². The molecule has 3 aromatic heterocycles. The van der Waals surface area contributed by atoms with Crippen LogP contribution in [0.25, 0.3) is 127 Å². The van der Waals surface area contributed by atoms with Gasteiger partial charge in [0.05, 0.1) is 0 Å². The van der Waals surface area contributed by atoms with Crippen LogP contribution in [0.1, 0.15) is 0 Å². The predicted octanol–water partition coefficient (Wildman–Crippen LogP) is 16.1. The maximum Gasteiger partial charge on any atom is 0.168 e. The minimum atomic E-state index is 0.805. The highest BCUT2D eigenvalue weighted by atomic mass is 16.3. The van der Waals surface area contributed by atoms with Crippen LogP contribution in [0.3, 0.4) is 0 Å². The van der Waals surface area contributed by atoms with Gasteiger partial charge in [0.15, 0.2) is 11.5 Å². The SMILES string of the molecule is c1ccc2cc(-c3ccc(-c4ccc5oc6c(-c7ccc(-c8nnc9c%10ccccc%10ccn89)cc7)cc(-c7ccc(-c8ccc9ccccc9c8)cc7)cc6c5c4)cc3)ccc2c1. The molecule has 0 atom stereocenters. The number of hydrogen-bond donors (Lipinski definition) is 0. The van der Waals surface area contributed by atoms with Gasteiger partial charge in [-0.25, -0.2) is 0 Å². The number of hydrogen-bond acceptors (Lipinski definition) is 3. The molecule has 13 rings (SSSR count). The standard InChI is InChI=1S/C60H37N3O/c1-3-10-47-33-49(27-21-38(47)7-1)40-13-15-42(16-14-40)51-29-30-57-55(35-51)56-37-52(43-19-17-41(18-20-43)50-28-22-39-8-2-4-11-48(39)34-50)36-54(58(56)64-57)45-23-25-46(26-24-45)59-61-62-60-53-12-6-5-9-44(53)31-32-63(59)60/h1-37H. The number of rotatable bonds is 6. The smallest absolute Gasteiger partial charge is 0.168 e. The molecule has 0 unspecified atom stereocenters. The van der Waals surface area contributed by atoms with Crippen molar-refractivity contribution in [2.45, 2.75) is 0 Å². The Morgan fingerprint density at radius 3 is 1.44 bits per heavy atom. The summed E-state index contributed by atoms with van der Waals surface area (Å²) in [6.07, 6.45) is 2.06. The van der Waals surface area contributed by atoms with Crippen LogP contribution >= 0.6 is 0 Å². The van der Waals surface area contributed by atoms with Gasteiger partial charge in [-0.05, 0) is 119 Å². The van der Waals surface area contributed by atoms with Crippen LogP contribution in [0.2, 0.25) is 0 Å². The number of benzene rings is 10. The Balaban J connectivity index is 0.911. The molecular weight excluding hydrogens is 779 g/mol. The molecule has 0 aliphatic rings. The summed E-state index contributed by atoms with van der Waals surface area (Å²) in [5, 5.41) is 18.6. The largest absolute Gasteiger partial charge is 0.455 e. The van der Waals surface area contributed by atoms with Gasteiger partial charge >= 0.3 is 0 Å². The third kappa shape index (κ3) is 6.07. The van der Waals surface area contributed by atoms with Gasteiger partial charge in [-0.1, -0.05) is 176 Å². The summed E-state index contributed by atoms with van der Waals surface area (Å²) < 4.78 is 8.89. The molecule has 4 heteroatoms. The molecule has 13 aromatic rings. The molecule has 0 saturated carbocycles. The highest BCUT2D eigenvalue weighted by Gasteiger charge is 2.18. The average molecular weight is 816 g/mol. The first kappa shape index (κ1) is 36.1. The molecule has 0 amide bonds. The fourth-order valence-electron chi connectivity index (χ4n) is 9.50. The number of aromatic nitrogens is 3. The van der Waals surface area contributed by atoms with E-state index in [4.69, 9.17) is 4.42 Å². The van der Waals surface area contributed by atoms with Gasteiger partial charge in [-0.3, -0.25) is 4.40 Å². The van der Waals surface area contributed by atoms with Crippen LogP contribution in [0.15, 0.2) is 229 Å². The Labute approximate surface area is 369 Å². The second kappa shape index (κ2) is 14.5. The summed E-state index contributed by atoms with van der Waals surface area (Å²) in [6, 6.07) is 78.4. The number of nitrogens with zero attached hydrogens (tertiary/aromatic N) is 3. The third-order valence-corrected chi connectivity index (χ3v) is 12.9. The summed E-state index contributed by atoms with van der Waals surface area (Å²) >= 11 is 0. The Morgan fingerprint density at radius 1 is 0.312 bits per heavy atom. The fraction of sp³-hybridized carbons (Fsp3) is 0. The summed E-state index contributed by atoms with van der Waals surface area (Å²) in [5.74, 6) is 0.805.